The molecular formula is C22H30N6O2S. The molecule has 0 spiro atoms. The summed E-state index contributed by atoms with van der Waals surface area (Å²) in [6.07, 6.45) is 7.47. The van der Waals surface area contributed by atoms with Crippen LogP contribution >= 0.6 is 11.9 Å². The quantitative estimate of drug-likeness (QED) is 0.421. The Morgan fingerprint density at radius 1 is 1.19 bits per heavy atom. The lowest BCUT2D eigenvalue weighted by molar-refractivity contribution is 0.102. The molecule has 9 heteroatoms. The summed E-state index contributed by atoms with van der Waals surface area (Å²) in [7, 11) is 0. The molecule has 0 radical (unpaired) electrons. The van der Waals surface area contributed by atoms with Crippen LogP contribution < -0.4 is 20.3 Å². The Morgan fingerprint density at radius 2 is 2.06 bits per heavy atom. The van der Waals surface area contributed by atoms with Crippen LogP contribution in [0.4, 0.5) is 23.1 Å². The number of carbonyl (C=O) groups excluding carboxylic acids is 1. The number of carbonyl (C=O) groups is 1. The minimum atomic E-state index is -0.177. The summed E-state index contributed by atoms with van der Waals surface area (Å²) in [5.74, 6) is 2.19. The molecule has 1 fully saturated rings. The molecule has 31 heavy (non-hydrogen) atoms. The molecule has 8 nitrogen and oxygen atoms in total. The number of benzene rings is 1. The third-order valence-electron chi connectivity index (χ3n) is 5.80. The Kier molecular flexibility index (Phi) is 7.48. The summed E-state index contributed by atoms with van der Waals surface area (Å²) in [5, 5.41) is 15.2. The van der Waals surface area contributed by atoms with Crippen molar-refractivity contribution in [1.82, 2.24) is 9.97 Å². The fourth-order valence-corrected chi connectivity index (χ4v) is 4.63. The molecule has 0 aliphatic carbocycles. The predicted molar refractivity (Wildman–Crippen MR) is 127 cm³/mol. The third kappa shape index (κ3) is 5.80. The summed E-state index contributed by atoms with van der Waals surface area (Å²) in [4.78, 5) is 24.2. The largest absolute Gasteiger partial charge is 0.395 e. The van der Waals surface area contributed by atoms with E-state index >= 15 is 0 Å². The van der Waals surface area contributed by atoms with Gasteiger partial charge in [-0.25, -0.2) is 4.98 Å². The number of anilines is 4. The number of nitrogens with one attached hydrogen (secondary N) is 3. The van der Waals surface area contributed by atoms with Crippen LogP contribution in [0.5, 0.6) is 0 Å². The Labute approximate surface area is 187 Å². The van der Waals surface area contributed by atoms with Crippen LogP contribution in [0.1, 0.15) is 42.5 Å². The van der Waals surface area contributed by atoms with Crippen LogP contribution in [-0.4, -0.2) is 53.0 Å². The van der Waals surface area contributed by atoms with E-state index in [9.17, 15) is 4.79 Å². The molecule has 0 unspecified atom stereocenters. The van der Waals surface area contributed by atoms with Crippen LogP contribution in [0, 0.1) is 5.92 Å². The molecule has 1 saturated heterocycles. The van der Waals surface area contributed by atoms with Gasteiger partial charge in [-0.3, -0.25) is 4.79 Å². The highest BCUT2D eigenvalue weighted by Crippen LogP contribution is 2.32. The van der Waals surface area contributed by atoms with E-state index in [0.717, 1.165) is 56.2 Å². The first-order valence-corrected chi connectivity index (χ1v) is 12.0. The van der Waals surface area contributed by atoms with E-state index in [-0.39, 0.29) is 12.5 Å². The van der Waals surface area contributed by atoms with Crippen molar-refractivity contribution in [3.8, 4) is 0 Å². The lowest BCUT2D eigenvalue weighted by atomic mass is 9.91. The van der Waals surface area contributed by atoms with Crippen LogP contribution in [0.2, 0.25) is 0 Å². The maximum absolute atomic E-state index is 13.2. The van der Waals surface area contributed by atoms with Crippen molar-refractivity contribution in [2.75, 3.05) is 52.2 Å². The molecule has 4 bridgehead atoms. The summed E-state index contributed by atoms with van der Waals surface area (Å²) in [5.41, 5.74) is 2.50. The molecule has 0 atom stereocenters. The molecule has 3 aliphatic rings. The number of rotatable bonds is 4. The zero-order valence-electron chi connectivity index (χ0n) is 17.6. The third-order valence-corrected chi connectivity index (χ3v) is 6.57. The van der Waals surface area contributed by atoms with E-state index in [2.05, 4.69) is 30.2 Å². The summed E-state index contributed by atoms with van der Waals surface area (Å²) >= 11 is 1.45. The van der Waals surface area contributed by atoms with Crippen molar-refractivity contribution in [2.45, 2.75) is 32.1 Å². The van der Waals surface area contributed by atoms with Gasteiger partial charge in [0.1, 0.15) is 5.82 Å². The van der Waals surface area contributed by atoms with Gasteiger partial charge in [0.2, 0.25) is 5.95 Å². The van der Waals surface area contributed by atoms with Gasteiger partial charge in [0.05, 0.1) is 17.9 Å². The van der Waals surface area contributed by atoms with Gasteiger partial charge in [-0.05, 0) is 49.4 Å². The lowest BCUT2D eigenvalue weighted by Crippen LogP contribution is -2.35. The molecule has 2 aromatic rings. The number of hydrogen-bond donors (Lipinski definition) is 4. The molecule has 3 aliphatic heterocycles. The fourth-order valence-electron chi connectivity index (χ4n) is 4.15. The molecule has 4 N–H and O–H groups in total. The monoisotopic (exact) mass is 442 g/mol. The Hall–Kier alpha value is -2.52. The Morgan fingerprint density at radius 3 is 2.90 bits per heavy atom. The molecule has 0 saturated carbocycles. The van der Waals surface area contributed by atoms with Gasteiger partial charge in [0.25, 0.3) is 5.91 Å². The smallest absolute Gasteiger partial charge is 0.258 e. The van der Waals surface area contributed by atoms with Gasteiger partial charge in [0.15, 0.2) is 0 Å². The summed E-state index contributed by atoms with van der Waals surface area (Å²) in [6, 6.07) is 7.51. The number of nitrogens with zero attached hydrogens (tertiary/aromatic N) is 3. The number of piperidine rings is 1. The molecule has 1 amide bonds. The first kappa shape index (κ1) is 21.7. The van der Waals surface area contributed by atoms with E-state index < -0.39 is 0 Å². The highest BCUT2D eigenvalue weighted by atomic mass is 32.2. The van der Waals surface area contributed by atoms with Gasteiger partial charge < -0.3 is 25.4 Å². The van der Waals surface area contributed by atoms with Gasteiger partial charge in [0, 0.05) is 37.3 Å². The molecule has 4 heterocycles. The van der Waals surface area contributed by atoms with E-state index in [1.165, 1.54) is 24.8 Å². The first-order valence-electron chi connectivity index (χ1n) is 11.0. The SMILES string of the molecule is O=C1Nc2ccnc(n2)NCCCCC2CCN(CC2)c2cc(NSCCO)ccc21. The minimum absolute atomic E-state index is 0.119. The van der Waals surface area contributed by atoms with Crippen molar-refractivity contribution < 1.29 is 9.90 Å². The lowest BCUT2D eigenvalue weighted by Gasteiger charge is -2.35. The molecule has 1 aromatic heterocycles. The standard InChI is InChI=1S/C22H30N6O2S/c29-13-14-31-27-17-4-5-18-19(15-17)28-11-7-16(8-12-28)3-1-2-9-23-22-24-10-6-20(26-22)25-21(18)30/h4-6,10,15-16,27,29H,1-3,7-9,11-14H2,(H2,23,24,25,26,30). The predicted octanol–water partition coefficient (Wildman–Crippen LogP) is 3.59. The van der Waals surface area contributed by atoms with Gasteiger partial charge in [-0.15, -0.1) is 0 Å². The van der Waals surface area contributed by atoms with Crippen molar-refractivity contribution in [1.29, 1.82) is 0 Å². The number of aliphatic hydroxyl groups excluding tert-OH is 1. The normalized spacial score (nSPS) is 17.6. The molecular weight excluding hydrogens is 412 g/mol. The van der Waals surface area contributed by atoms with Gasteiger partial charge in [-0.1, -0.05) is 24.8 Å². The van der Waals surface area contributed by atoms with Crippen molar-refractivity contribution in [2.24, 2.45) is 5.92 Å². The fraction of sp³-hybridized carbons (Fsp3) is 0.500. The minimum Gasteiger partial charge on any atom is -0.395 e. The second-order valence-electron chi connectivity index (χ2n) is 7.98. The summed E-state index contributed by atoms with van der Waals surface area (Å²) < 4.78 is 3.26. The second kappa shape index (κ2) is 10.7. The van der Waals surface area contributed by atoms with E-state index in [0.29, 0.717) is 23.1 Å². The van der Waals surface area contributed by atoms with Crippen molar-refractivity contribution in [3.63, 3.8) is 0 Å². The highest BCUT2D eigenvalue weighted by Gasteiger charge is 2.24. The zero-order chi connectivity index (χ0) is 21.5. The molecule has 5 rings (SSSR count). The number of amides is 1. The molecule has 166 valence electrons. The van der Waals surface area contributed by atoms with Crippen LogP contribution in [-0.2, 0) is 0 Å². The second-order valence-corrected chi connectivity index (χ2v) is 8.88. The highest BCUT2D eigenvalue weighted by molar-refractivity contribution is 8.00. The van der Waals surface area contributed by atoms with Crippen molar-refractivity contribution >= 4 is 41.0 Å². The average molecular weight is 443 g/mol. The van der Waals surface area contributed by atoms with Gasteiger partial charge >= 0.3 is 0 Å². The topological polar surface area (TPSA) is 102 Å². The Balaban J connectivity index is 1.62. The number of hydrogen-bond acceptors (Lipinski definition) is 8. The number of aromatic nitrogens is 2. The molecule has 1 aromatic carbocycles. The Bertz CT molecular complexity index is 888. The first-order chi connectivity index (χ1) is 15.2. The van der Waals surface area contributed by atoms with Crippen LogP contribution in [0.3, 0.4) is 0 Å². The maximum Gasteiger partial charge on any atom is 0.258 e. The van der Waals surface area contributed by atoms with Crippen LogP contribution in [0.15, 0.2) is 30.5 Å². The van der Waals surface area contributed by atoms with E-state index in [1.807, 2.05) is 18.2 Å². The number of fused-ring (bicyclic) bond motifs is 7. The zero-order valence-corrected chi connectivity index (χ0v) is 18.5. The number of aliphatic hydroxyl groups is 1. The van der Waals surface area contributed by atoms with E-state index in [4.69, 9.17) is 5.11 Å². The van der Waals surface area contributed by atoms with Gasteiger partial charge in [-0.2, -0.15) is 4.98 Å². The summed E-state index contributed by atoms with van der Waals surface area (Å²) in [6.45, 7) is 2.86. The van der Waals surface area contributed by atoms with Crippen LogP contribution in [0.25, 0.3) is 0 Å². The van der Waals surface area contributed by atoms with Crippen molar-refractivity contribution in [3.05, 3.63) is 36.0 Å². The average Bonchev–Trinajstić information content (AvgIpc) is 2.79. The maximum atomic E-state index is 13.2. The van der Waals surface area contributed by atoms with E-state index in [1.54, 1.807) is 12.3 Å².